The van der Waals surface area contributed by atoms with Crippen molar-refractivity contribution in [3.05, 3.63) is 0 Å². The van der Waals surface area contributed by atoms with Gasteiger partial charge in [0.15, 0.2) is 0 Å². The third-order valence-corrected chi connectivity index (χ3v) is 0. The van der Waals surface area contributed by atoms with Gasteiger partial charge in [-0.3, -0.25) is 0 Å². The van der Waals surface area contributed by atoms with Crippen molar-refractivity contribution in [3.8, 4) is 0 Å². The molecule has 0 rings (SSSR count). The first-order chi connectivity index (χ1) is 0. The topological polar surface area (TPSA) is 0 Å². The molecule has 0 aliphatic heterocycles. The summed E-state index contributed by atoms with van der Waals surface area (Å²) in [7, 11) is 0. The number of hydrogen-bond donors (Lipinski definition) is 0. The van der Waals surface area contributed by atoms with Crippen LogP contribution in [0.5, 0.6) is 0 Å². The molecule has 0 saturated heterocycles. The van der Waals surface area contributed by atoms with E-state index in [0.29, 0.717) is 0 Å². The molecule has 0 fully saturated rings. The van der Waals surface area contributed by atoms with Gasteiger partial charge in [-0.1, -0.05) is 0 Å². The van der Waals surface area contributed by atoms with E-state index in [4.69, 9.17) is 0 Å². The average molecular weight is 455 g/mol. The Morgan fingerprint density at radius 1 is 0.500 bits per heavy atom. The van der Waals surface area contributed by atoms with Crippen LogP contribution in [0.2, 0.25) is 0 Å². The van der Waals surface area contributed by atoms with Crippen molar-refractivity contribution in [2.24, 2.45) is 0 Å². The molecule has 23 valence electrons. The van der Waals surface area contributed by atoms with Crippen molar-refractivity contribution in [1.82, 2.24) is 0 Å². The van der Waals surface area contributed by atoms with Crippen LogP contribution in [-0.2, 0) is 0 Å². The predicted octanol–water partition coefficient (Wildman–Crippen LogP) is -3.55. The molecule has 0 amide bonds. The smallest absolute Gasteiger partial charge is 0 e. The van der Waals surface area contributed by atoms with Gasteiger partial charge in [-0.2, -0.15) is 0 Å². The fourth-order valence-corrected chi connectivity index (χ4v) is 0. The Hall–Kier alpha value is 2.92. The first-order valence-electron chi connectivity index (χ1n) is 0. The van der Waals surface area contributed by atoms with E-state index in [1.54, 1.807) is 0 Å². The fourth-order valence-electron chi connectivity index (χ4n) is 0. The summed E-state index contributed by atoms with van der Waals surface area (Å²) < 4.78 is 0. The normalized spacial score (nSPS) is 0. The molecule has 0 heterocycles. The van der Waals surface area contributed by atoms with Gasteiger partial charge in [0.2, 0.25) is 0 Å². The molecule has 0 unspecified atom stereocenters. The zero-order valence-corrected chi connectivity index (χ0v) is 4.17. The maximum absolute atomic E-state index is 0. The van der Waals surface area contributed by atoms with Crippen molar-refractivity contribution in [2.75, 3.05) is 0 Å². The summed E-state index contributed by atoms with van der Waals surface area (Å²) in [6, 6.07) is 0. The molecule has 4 heteroatoms. The average Bonchev–Trinajstić information content (AvgIpc) is 0. The molecule has 1 radical (unpaired) electrons. The standard InChI is InChI=1S/3Ga.Np.9H. The van der Waals surface area contributed by atoms with Gasteiger partial charge in [-0.25, -0.2) is 0 Å². The third kappa shape index (κ3) is 8.87. The van der Waals surface area contributed by atoms with Crippen LogP contribution in [0.15, 0.2) is 0 Å². The van der Waals surface area contributed by atoms with E-state index in [9.17, 15) is 0 Å². The summed E-state index contributed by atoms with van der Waals surface area (Å²) in [6.07, 6.45) is 0. The van der Waals surface area contributed by atoms with Crippen LogP contribution in [0.25, 0.3) is 0 Å². The van der Waals surface area contributed by atoms with Crippen LogP contribution in [0, 0.1) is 29.9 Å². The molecule has 0 aliphatic rings. The molecule has 0 N–H and O–H groups in total. The summed E-state index contributed by atoms with van der Waals surface area (Å²) >= 11 is 0. The van der Waals surface area contributed by atoms with E-state index in [0.717, 1.165) is 0 Å². The molecule has 0 nitrogen and oxygen atoms in total. The molecule has 0 saturated carbocycles. The molecular weight excluding hydrogens is 446 g/mol. The Balaban J connectivity index is 0. The second kappa shape index (κ2) is 16.8. The minimum atomic E-state index is 0. The van der Waals surface area contributed by atoms with Crippen LogP contribution in [0.4, 0.5) is 0 Å². The maximum Gasteiger partial charge on any atom is 0 e. The van der Waals surface area contributed by atoms with E-state index in [1.165, 1.54) is 0 Å². The zero-order chi connectivity index (χ0) is 0. The number of hydrogen-bond acceptors (Lipinski definition) is 0. The summed E-state index contributed by atoms with van der Waals surface area (Å²) in [5.74, 6) is 0. The van der Waals surface area contributed by atoms with Crippen LogP contribution in [0.1, 0.15) is 0 Å². The SMILES string of the molecule is [GaH3].[GaH3].[GaH3].[Np]. The molecular formula is H9Ga3Np. The second-order valence-electron chi connectivity index (χ2n) is 0. The van der Waals surface area contributed by atoms with Crippen LogP contribution in [0.3, 0.4) is 0 Å². The van der Waals surface area contributed by atoms with Crippen molar-refractivity contribution >= 4 is 59.4 Å². The van der Waals surface area contributed by atoms with Crippen LogP contribution >= 0.6 is 0 Å². The Bertz CT molecular complexity index is 3.25. The summed E-state index contributed by atoms with van der Waals surface area (Å²) in [4.78, 5) is 0. The van der Waals surface area contributed by atoms with Gasteiger partial charge in [0, 0.05) is 29.9 Å². The first-order valence-corrected chi connectivity index (χ1v) is 0. The predicted molar refractivity (Wildman–Crippen MR) is 29.8 cm³/mol. The monoisotopic (exact) mass is 452 g/mol. The summed E-state index contributed by atoms with van der Waals surface area (Å²) in [5, 5.41) is 0. The molecule has 4 heavy (non-hydrogen) atoms. The molecule has 0 aromatic carbocycles. The number of rotatable bonds is 0. The van der Waals surface area contributed by atoms with E-state index in [1.807, 2.05) is 0 Å². The molecule has 0 aliphatic carbocycles. The summed E-state index contributed by atoms with van der Waals surface area (Å²) in [6.45, 7) is 0. The van der Waals surface area contributed by atoms with E-state index in [-0.39, 0.29) is 89.3 Å². The van der Waals surface area contributed by atoms with E-state index >= 15 is 0 Å². The molecule has 0 aromatic heterocycles. The van der Waals surface area contributed by atoms with Crippen molar-refractivity contribution in [2.45, 2.75) is 0 Å². The maximum atomic E-state index is 0. The van der Waals surface area contributed by atoms with Gasteiger partial charge in [0.25, 0.3) is 0 Å². The Labute approximate surface area is 87.7 Å². The van der Waals surface area contributed by atoms with Crippen molar-refractivity contribution in [3.63, 3.8) is 0 Å². The largest absolute Gasteiger partial charge is 0 e. The van der Waals surface area contributed by atoms with Gasteiger partial charge >= 0.3 is 59.4 Å². The third-order valence-electron chi connectivity index (χ3n) is 0. The van der Waals surface area contributed by atoms with Crippen LogP contribution in [-0.4, -0.2) is 59.4 Å². The molecule has 0 spiro atoms. The minimum absolute atomic E-state index is 0. The van der Waals surface area contributed by atoms with Gasteiger partial charge in [-0.15, -0.1) is 0 Å². The minimum Gasteiger partial charge on any atom is 0 e. The van der Waals surface area contributed by atoms with Gasteiger partial charge < -0.3 is 0 Å². The second-order valence-corrected chi connectivity index (χ2v) is 0. The first kappa shape index (κ1) is 28.4. The van der Waals surface area contributed by atoms with Gasteiger partial charge in [-0.05, 0) is 0 Å². The molecule has 0 aromatic rings. The van der Waals surface area contributed by atoms with Gasteiger partial charge in [0.1, 0.15) is 0 Å². The molecule has 0 atom stereocenters. The van der Waals surface area contributed by atoms with Crippen molar-refractivity contribution < 1.29 is 29.9 Å². The zero-order valence-electron chi connectivity index (χ0n) is 0.447. The van der Waals surface area contributed by atoms with E-state index < -0.39 is 0 Å². The van der Waals surface area contributed by atoms with Crippen molar-refractivity contribution in [1.29, 1.82) is 0 Å². The quantitative estimate of drug-likeness (QED) is 0.332. The Morgan fingerprint density at radius 2 is 0.500 bits per heavy atom. The summed E-state index contributed by atoms with van der Waals surface area (Å²) in [5.41, 5.74) is 0. The van der Waals surface area contributed by atoms with Gasteiger partial charge in [0.05, 0.1) is 0 Å². The molecule has 0 bridgehead atoms. The Kier molecular flexibility index (Phi) is 119. The fraction of sp³-hybridized carbons (Fsp3) is 0. The Morgan fingerprint density at radius 3 is 0.500 bits per heavy atom. The van der Waals surface area contributed by atoms with E-state index in [2.05, 4.69) is 0 Å². The van der Waals surface area contributed by atoms with Crippen LogP contribution < -0.4 is 0 Å².